The Morgan fingerprint density at radius 2 is 2.25 bits per heavy atom. The minimum atomic E-state index is -1.000. The molecule has 5 heteroatoms. The number of aliphatic carboxylic acids is 1. The van der Waals surface area contributed by atoms with E-state index < -0.39 is 5.97 Å². The van der Waals surface area contributed by atoms with Gasteiger partial charge in [0.05, 0.1) is 0 Å². The molecule has 0 atom stereocenters. The Morgan fingerprint density at radius 1 is 1.50 bits per heavy atom. The smallest absolute Gasteiger partial charge is 0.341 e. The Kier molecular flexibility index (Phi) is 4.85. The summed E-state index contributed by atoms with van der Waals surface area (Å²) >= 11 is 0. The summed E-state index contributed by atoms with van der Waals surface area (Å²) in [7, 11) is 1.46. The number of nitrogens with zero attached hydrogens (tertiary/aromatic N) is 1. The van der Waals surface area contributed by atoms with Crippen LogP contribution in [-0.2, 0) is 16.1 Å². The van der Waals surface area contributed by atoms with Crippen molar-refractivity contribution in [2.75, 3.05) is 13.7 Å². The highest BCUT2D eigenvalue weighted by Gasteiger charge is 2.03. The van der Waals surface area contributed by atoms with E-state index in [1.807, 2.05) is 12.1 Å². The lowest BCUT2D eigenvalue weighted by atomic mass is 10.1. The zero-order valence-electron chi connectivity index (χ0n) is 8.92. The van der Waals surface area contributed by atoms with Gasteiger partial charge in [-0.05, 0) is 11.6 Å². The minimum Gasteiger partial charge on any atom is -0.482 e. The van der Waals surface area contributed by atoms with Gasteiger partial charge in [0.25, 0.3) is 0 Å². The number of ether oxygens (including phenoxy) is 1. The molecular weight excluding hydrogens is 210 g/mol. The van der Waals surface area contributed by atoms with Crippen molar-refractivity contribution in [2.45, 2.75) is 6.42 Å². The number of hydrogen-bond donors (Lipinski definition) is 1. The first-order valence-corrected chi connectivity index (χ1v) is 4.71. The van der Waals surface area contributed by atoms with Gasteiger partial charge < -0.3 is 14.7 Å². The maximum atomic E-state index is 10.4. The van der Waals surface area contributed by atoms with Crippen molar-refractivity contribution >= 4 is 12.2 Å². The Morgan fingerprint density at radius 3 is 2.94 bits per heavy atom. The molecule has 1 rings (SSSR count). The second-order valence-electron chi connectivity index (χ2n) is 2.96. The Labute approximate surface area is 93.3 Å². The largest absolute Gasteiger partial charge is 0.482 e. The van der Waals surface area contributed by atoms with Crippen LogP contribution in [0.2, 0.25) is 0 Å². The topological polar surface area (TPSA) is 68.1 Å². The Balaban J connectivity index is 2.67. The monoisotopic (exact) mass is 223 g/mol. The van der Waals surface area contributed by atoms with E-state index in [0.717, 1.165) is 5.56 Å². The molecule has 0 saturated heterocycles. The first-order valence-electron chi connectivity index (χ1n) is 4.71. The molecule has 0 aliphatic rings. The van der Waals surface area contributed by atoms with E-state index in [0.29, 0.717) is 12.2 Å². The maximum Gasteiger partial charge on any atom is 0.341 e. The van der Waals surface area contributed by atoms with Crippen LogP contribution in [0.5, 0.6) is 5.75 Å². The van der Waals surface area contributed by atoms with Crippen LogP contribution >= 0.6 is 0 Å². The summed E-state index contributed by atoms with van der Waals surface area (Å²) in [5.41, 5.74) is 0.865. The van der Waals surface area contributed by atoms with Crippen LogP contribution in [0, 0.1) is 0 Å². The average molecular weight is 223 g/mol. The lowest BCUT2D eigenvalue weighted by Crippen LogP contribution is -2.10. The molecule has 0 radical (unpaired) electrons. The molecule has 1 aromatic rings. The van der Waals surface area contributed by atoms with Crippen LogP contribution in [0.3, 0.4) is 0 Å². The lowest BCUT2D eigenvalue weighted by Gasteiger charge is -2.07. The lowest BCUT2D eigenvalue weighted by molar-refractivity contribution is -0.139. The molecule has 1 N–H and O–H groups in total. The summed E-state index contributed by atoms with van der Waals surface area (Å²) in [6, 6.07) is 7.20. The normalized spacial score (nSPS) is 10.3. The number of carbonyl (C=O) groups is 1. The van der Waals surface area contributed by atoms with Gasteiger partial charge in [-0.2, -0.15) is 0 Å². The van der Waals surface area contributed by atoms with E-state index in [2.05, 4.69) is 9.99 Å². The van der Waals surface area contributed by atoms with E-state index in [4.69, 9.17) is 9.84 Å². The molecule has 0 bridgehead atoms. The summed E-state index contributed by atoms with van der Waals surface area (Å²) in [5.74, 6) is -0.451. The summed E-state index contributed by atoms with van der Waals surface area (Å²) in [6.45, 7) is -0.349. The molecule has 0 fully saturated rings. The molecule has 0 amide bonds. The summed E-state index contributed by atoms with van der Waals surface area (Å²) < 4.78 is 5.13. The van der Waals surface area contributed by atoms with Crippen molar-refractivity contribution in [2.24, 2.45) is 5.16 Å². The second kappa shape index (κ2) is 6.44. The first kappa shape index (κ1) is 12.0. The predicted octanol–water partition coefficient (Wildman–Crippen LogP) is 1.32. The van der Waals surface area contributed by atoms with Crippen molar-refractivity contribution < 1.29 is 19.5 Å². The highest BCUT2D eigenvalue weighted by Crippen LogP contribution is 2.17. The van der Waals surface area contributed by atoms with Gasteiger partial charge in [-0.25, -0.2) is 4.79 Å². The molecule has 86 valence electrons. The fraction of sp³-hybridized carbons (Fsp3) is 0.273. The summed E-state index contributed by atoms with van der Waals surface area (Å²) in [6.07, 6.45) is 2.12. The third kappa shape index (κ3) is 4.00. The number of benzene rings is 1. The number of carboxylic acid groups (broad SMARTS) is 1. The van der Waals surface area contributed by atoms with Crippen molar-refractivity contribution in [3.8, 4) is 5.75 Å². The molecule has 1 aromatic carbocycles. The fourth-order valence-corrected chi connectivity index (χ4v) is 1.16. The molecule has 0 aromatic heterocycles. The number of rotatable bonds is 6. The van der Waals surface area contributed by atoms with Crippen LogP contribution in [0.25, 0.3) is 0 Å². The van der Waals surface area contributed by atoms with E-state index in [9.17, 15) is 4.79 Å². The molecule has 0 aliphatic carbocycles. The number of carboxylic acids is 1. The van der Waals surface area contributed by atoms with Crippen LogP contribution in [0.4, 0.5) is 0 Å². The minimum absolute atomic E-state index is 0.349. The van der Waals surface area contributed by atoms with Crippen LogP contribution in [0.1, 0.15) is 5.56 Å². The second-order valence-corrected chi connectivity index (χ2v) is 2.96. The Hall–Kier alpha value is -2.04. The van der Waals surface area contributed by atoms with Gasteiger partial charge in [-0.15, -0.1) is 0 Å². The molecule has 0 unspecified atom stereocenters. The highest BCUT2D eigenvalue weighted by atomic mass is 16.6. The summed E-state index contributed by atoms with van der Waals surface area (Å²) in [5, 5.41) is 12.1. The van der Waals surface area contributed by atoms with Crippen LogP contribution in [0.15, 0.2) is 29.4 Å². The molecular formula is C11H13NO4. The maximum absolute atomic E-state index is 10.4. The molecule has 0 aliphatic heterocycles. The van der Waals surface area contributed by atoms with Crippen molar-refractivity contribution in [1.29, 1.82) is 0 Å². The first-order chi connectivity index (χ1) is 7.74. The zero-order chi connectivity index (χ0) is 11.8. The molecule has 5 nitrogen and oxygen atoms in total. The standard InChI is InChI=1S/C11H13NO4/c1-15-12-7-6-9-4-2-3-5-10(9)16-8-11(13)14/h2-5,7H,6,8H2,1H3,(H,13,14). The van der Waals surface area contributed by atoms with Crippen molar-refractivity contribution in [1.82, 2.24) is 0 Å². The highest BCUT2D eigenvalue weighted by molar-refractivity contribution is 5.69. The molecule has 0 spiro atoms. The van der Waals surface area contributed by atoms with Crippen LogP contribution < -0.4 is 4.74 Å². The third-order valence-corrected chi connectivity index (χ3v) is 1.81. The van der Waals surface area contributed by atoms with Gasteiger partial charge in [0, 0.05) is 12.6 Å². The van der Waals surface area contributed by atoms with E-state index >= 15 is 0 Å². The SMILES string of the molecule is CON=CCc1ccccc1OCC(=O)O. The van der Waals surface area contributed by atoms with Gasteiger partial charge in [-0.1, -0.05) is 23.4 Å². The predicted molar refractivity (Wildman–Crippen MR) is 58.8 cm³/mol. The number of oxime groups is 1. The van der Waals surface area contributed by atoms with Crippen molar-refractivity contribution in [3.63, 3.8) is 0 Å². The molecule has 0 heterocycles. The summed E-state index contributed by atoms with van der Waals surface area (Å²) in [4.78, 5) is 14.9. The quantitative estimate of drug-likeness (QED) is 0.583. The number of hydrogen-bond acceptors (Lipinski definition) is 4. The van der Waals surface area contributed by atoms with Gasteiger partial charge in [-0.3, -0.25) is 0 Å². The molecule has 0 saturated carbocycles. The van der Waals surface area contributed by atoms with E-state index in [1.165, 1.54) is 7.11 Å². The van der Waals surface area contributed by atoms with Gasteiger partial charge in [0.2, 0.25) is 0 Å². The van der Waals surface area contributed by atoms with Crippen LogP contribution in [-0.4, -0.2) is 31.0 Å². The fourth-order valence-electron chi connectivity index (χ4n) is 1.16. The Bertz CT molecular complexity index is 376. The van der Waals surface area contributed by atoms with Crippen molar-refractivity contribution in [3.05, 3.63) is 29.8 Å². The van der Waals surface area contributed by atoms with Gasteiger partial charge in [0.1, 0.15) is 12.9 Å². The van der Waals surface area contributed by atoms with E-state index in [1.54, 1.807) is 18.3 Å². The van der Waals surface area contributed by atoms with Gasteiger partial charge in [0.15, 0.2) is 6.61 Å². The average Bonchev–Trinajstić information content (AvgIpc) is 2.28. The number of para-hydroxylation sites is 1. The molecule has 16 heavy (non-hydrogen) atoms. The zero-order valence-corrected chi connectivity index (χ0v) is 8.92. The van der Waals surface area contributed by atoms with Gasteiger partial charge >= 0.3 is 5.97 Å². The third-order valence-electron chi connectivity index (χ3n) is 1.81. The van der Waals surface area contributed by atoms with E-state index in [-0.39, 0.29) is 6.61 Å².